The molecule has 0 bridgehead atoms. The van der Waals surface area contributed by atoms with Crippen molar-refractivity contribution in [1.82, 2.24) is 26.6 Å². The second-order valence-electron chi connectivity index (χ2n) is 21.9. The molecule has 1 fully saturated rings. The van der Waals surface area contributed by atoms with Gasteiger partial charge in [-0.2, -0.15) is 0 Å². The van der Waals surface area contributed by atoms with Gasteiger partial charge in [-0.15, -0.1) is 0 Å². The monoisotopic (exact) mass is 1230 g/mol. The van der Waals surface area contributed by atoms with Gasteiger partial charge in [0.25, 0.3) is 0 Å². The number of amides is 6. The fourth-order valence-electron chi connectivity index (χ4n) is 10.4. The van der Waals surface area contributed by atoms with E-state index in [4.69, 9.17) is 39.3 Å². The highest BCUT2D eigenvalue weighted by Crippen LogP contribution is 2.52. The van der Waals surface area contributed by atoms with Gasteiger partial charge in [-0.3, -0.25) is 33.6 Å². The second-order valence-corrected chi connectivity index (χ2v) is 21.9. The summed E-state index contributed by atoms with van der Waals surface area (Å²) in [6.07, 6.45) is -6.86. The summed E-state index contributed by atoms with van der Waals surface area (Å²) in [5.74, 6) is -6.63. The summed E-state index contributed by atoms with van der Waals surface area (Å²) in [6.45, 7) is 3.79. The number of methoxy groups -OCH3 is 1. The molecule has 13 N–H and O–H groups in total. The number of carbonyl (C=O) groups excluding carboxylic acids is 9. The van der Waals surface area contributed by atoms with E-state index >= 15 is 0 Å². The number of aromatic hydroxyl groups is 2. The van der Waals surface area contributed by atoms with Gasteiger partial charge in [0, 0.05) is 60.5 Å². The first-order valence-corrected chi connectivity index (χ1v) is 28.6. The lowest BCUT2D eigenvalue weighted by Crippen LogP contribution is -2.56. The van der Waals surface area contributed by atoms with Crippen LogP contribution in [-0.4, -0.2) is 181 Å². The van der Waals surface area contributed by atoms with Crippen LogP contribution in [-0.2, 0) is 67.1 Å². The number of ketones is 4. The van der Waals surface area contributed by atoms with Crippen LogP contribution in [0, 0.1) is 5.92 Å². The lowest BCUT2D eigenvalue weighted by molar-refractivity contribution is -0.247. The van der Waals surface area contributed by atoms with Crippen LogP contribution in [0.5, 0.6) is 17.2 Å². The van der Waals surface area contributed by atoms with Crippen LogP contribution in [0.15, 0.2) is 72.8 Å². The summed E-state index contributed by atoms with van der Waals surface area (Å²) < 4.78 is 33.2. The first-order chi connectivity index (χ1) is 42.0. The Hall–Kier alpha value is -8.41. The summed E-state index contributed by atoms with van der Waals surface area (Å²) in [4.78, 5) is 121. The highest BCUT2D eigenvalue weighted by atomic mass is 16.7. The Kier molecular flexibility index (Phi) is 23.6. The Morgan fingerprint density at radius 2 is 1.48 bits per heavy atom. The number of aliphatic hydroxyl groups is 3. The number of rotatable bonds is 29. The van der Waals surface area contributed by atoms with E-state index in [9.17, 15) is 63.6 Å². The number of anilines is 1. The topological polar surface area (TPSA) is 408 Å². The Bertz CT molecular complexity index is 3190. The van der Waals surface area contributed by atoms with Gasteiger partial charge < -0.3 is 91.6 Å². The van der Waals surface area contributed by atoms with Crippen LogP contribution in [0.2, 0.25) is 0 Å². The largest absolute Gasteiger partial charge is 0.507 e. The predicted octanol–water partition coefficient (Wildman–Crippen LogP) is 1.42. The summed E-state index contributed by atoms with van der Waals surface area (Å²) >= 11 is 0. The normalized spacial score (nSPS) is 20.0. The third kappa shape index (κ3) is 17.2. The van der Waals surface area contributed by atoms with Crippen LogP contribution >= 0.6 is 0 Å². The fraction of sp³-hybridized carbons (Fsp3) is 0.459. The first-order valence-electron chi connectivity index (χ1n) is 28.6. The van der Waals surface area contributed by atoms with E-state index in [1.807, 2.05) is 13.8 Å². The van der Waals surface area contributed by atoms with Gasteiger partial charge in [0.1, 0.15) is 41.5 Å². The molecule has 8 atom stereocenters. The summed E-state index contributed by atoms with van der Waals surface area (Å²) in [6, 6.07) is 15.2. The second kappa shape index (κ2) is 31.0. The van der Waals surface area contributed by atoms with Crippen molar-refractivity contribution in [3.05, 3.63) is 117 Å². The molecule has 4 aromatic rings. The van der Waals surface area contributed by atoms with Crippen LogP contribution in [0.3, 0.4) is 0 Å². The van der Waals surface area contributed by atoms with E-state index in [-0.39, 0.29) is 117 Å². The molecule has 0 saturated carbocycles. The molecule has 2 aliphatic carbocycles. The molecule has 0 unspecified atom stereocenters. The van der Waals surface area contributed by atoms with E-state index in [1.165, 1.54) is 49.6 Å². The average molecular weight is 1230 g/mol. The van der Waals surface area contributed by atoms with Gasteiger partial charge >= 0.3 is 12.1 Å². The van der Waals surface area contributed by atoms with Crippen molar-refractivity contribution in [3.8, 4) is 17.2 Å². The molecular weight excluding hydrogens is 1150 g/mol. The quantitative estimate of drug-likeness (QED) is 0.0238. The van der Waals surface area contributed by atoms with Crippen molar-refractivity contribution in [2.75, 3.05) is 65.1 Å². The number of alkyl carbamates (subject to hydrolysis) is 1. The number of phenolic OH excluding ortho intramolecular Hbond substituents is 2. The van der Waals surface area contributed by atoms with Crippen molar-refractivity contribution < 1.29 is 97.1 Å². The first kappa shape index (κ1) is 67.1. The van der Waals surface area contributed by atoms with Gasteiger partial charge in [-0.1, -0.05) is 68.4 Å². The van der Waals surface area contributed by atoms with Gasteiger partial charge in [0.2, 0.25) is 23.5 Å². The molecule has 0 spiro atoms. The molecule has 1 heterocycles. The minimum absolute atomic E-state index is 0.0132. The molecule has 6 amide bonds. The molecule has 1 aliphatic heterocycles. The van der Waals surface area contributed by atoms with Gasteiger partial charge in [-0.25, -0.2) is 9.59 Å². The number of fused-ring (bicyclic) bond motifs is 3. The number of benzene rings is 4. The van der Waals surface area contributed by atoms with Gasteiger partial charge in [-0.05, 0) is 48.6 Å². The molecule has 3 aliphatic rings. The van der Waals surface area contributed by atoms with Gasteiger partial charge in [0.15, 0.2) is 23.6 Å². The number of nitrogens with two attached hydrogens (primary N) is 1. The molecule has 474 valence electrons. The lowest BCUT2D eigenvalue weighted by atomic mass is 9.71. The zero-order valence-electron chi connectivity index (χ0n) is 49.1. The molecule has 27 nitrogen and oxygen atoms in total. The van der Waals surface area contributed by atoms with Crippen LogP contribution in [0.1, 0.15) is 107 Å². The fourth-order valence-corrected chi connectivity index (χ4v) is 10.4. The van der Waals surface area contributed by atoms with Gasteiger partial charge in [0.05, 0.1) is 94.8 Å². The minimum atomic E-state index is -2.45. The van der Waals surface area contributed by atoms with Crippen molar-refractivity contribution in [1.29, 1.82) is 0 Å². The zero-order chi connectivity index (χ0) is 63.8. The number of carbonyl (C=O) groups is 9. The number of hydrogen-bond donors (Lipinski definition) is 12. The lowest BCUT2D eigenvalue weighted by Gasteiger charge is -2.42. The van der Waals surface area contributed by atoms with Crippen molar-refractivity contribution in [2.45, 2.75) is 114 Å². The highest BCUT2D eigenvalue weighted by molar-refractivity contribution is 6.31. The molecular formula is C61H75N7O20. The Labute approximate surface area is 506 Å². The summed E-state index contributed by atoms with van der Waals surface area (Å²) in [7, 11) is 1.29. The number of aliphatic hydroxyl groups excluding tert-OH is 2. The molecule has 88 heavy (non-hydrogen) atoms. The average Bonchev–Trinajstić information content (AvgIpc) is 0.855. The van der Waals surface area contributed by atoms with Crippen molar-refractivity contribution in [2.24, 2.45) is 11.7 Å². The molecule has 0 aromatic heterocycles. The molecule has 27 heteroatoms. The number of nitrogens with one attached hydrogen (secondary N) is 6. The van der Waals surface area contributed by atoms with Crippen LogP contribution in [0.4, 0.5) is 15.3 Å². The van der Waals surface area contributed by atoms with E-state index in [1.54, 1.807) is 37.3 Å². The summed E-state index contributed by atoms with van der Waals surface area (Å²) in [5, 5.41) is 70.3. The number of hydrogen-bond acceptors (Lipinski definition) is 21. The number of urea groups is 1. The SMILES string of the molecule is COc1cccc2c1C(=O)c1c(O)c3c(c(O)c1C2=O)C[C@@](O)(C(=O)CNC(=O)OCc1ccc(NC(=O)NCC(=O)N[C@@H](CC(C)C)C(=O)N[C@@H](Cc2ccccc2)C(=O)NCC(=O)CCOCCOCCO)cc1)C[C@@H]3O[C@H]1C[C@H](N)[C@H](O)[C@H](C)O1. The predicted molar refractivity (Wildman–Crippen MR) is 311 cm³/mol. The maximum Gasteiger partial charge on any atom is 0.407 e. The van der Waals surface area contributed by atoms with E-state index < -0.39 is 144 Å². The third-order valence-electron chi connectivity index (χ3n) is 14.9. The Morgan fingerprint density at radius 1 is 0.773 bits per heavy atom. The third-order valence-corrected chi connectivity index (χ3v) is 14.9. The number of ether oxygens (including phenoxy) is 6. The molecule has 1 saturated heterocycles. The summed E-state index contributed by atoms with van der Waals surface area (Å²) in [5.41, 5.74) is 3.22. The standard InChI is InChI=1S/C61H75N7O20/c1-32(2)23-41(58(79)68-42(24-34-9-6-5-7-10-34)57(78)63-28-37(70)17-19-84-21-22-85-20-18-69)67-46(72)30-64-59(80)66-36-15-13-35(14-16-36)31-86-60(81)65-29-45(71)61(82)26-39-49(44(27-61)88-47-25-40(62)52(73)33(3)87-47)56(77)51-50(54(39)75)53(74)38-11-8-12-43(83-4)48(38)55(51)76/h5-16,32-33,40-42,44,47,52,69,73,75,77,82H,17-31,62H2,1-4H3,(H,63,78)(H,65,81)(H,67,72)(H,68,79)(H2,64,66,80)/t33-,40-,41-,42-,44-,47-,52+,61-/m0/s1. The molecule has 7 rings (SSSR count). The number of Topliss-reactive ketones (excluding diaryl/α,β-unsaturated/α-hetero) is 2. The smallest absolute Gasteiger partial charge is 0.407 e. The van der Waals surface area contributed by atoms with Crippen LogP contribution in [0.25, 0.3) is 0 Å². The van der Waals surface area contributed by atoms with Crippen molar-refractivity contribution >= 4 is 58.7 Å². The minimum Gasteiger partial charge on any atom is -0.507 e. The zero-order valence-corrected chi connectivity index (χ0v) is 49.1. The molecule has 4 aromatic carbocycles. The van der Waals surface area contributed by atoms with E-state index in [0.717, 1.165) is 5.56 Å². The maximum absolute atomic E-state index is 14.1. The van der Waals surface area contributed by atoms with E-state index in [2.05, 4.69) is 31.9 Å². The van der Waals surface area contributed by atoms with E-state index in [0.29, 0.717) is 5.56 Å². The molecule has 0 radical (unpaired) electrons. The maximum atomic E-state index is 14.1. The van der Waals surface area contributed by atoms with Crippen molar-refractivity contribution in [3.63, 3.8) is 0 Å². The Balaban J connectivity index is 0.903. The highest BCUT2D eigenvalue weighted by Gasteiger charge is 2.50. The number of phenols is 2. The Morgan fingerprint density at radius 3 is 2.16 bits per heavy atom. The van der Waals surface area contributed by atoms with Crippen LogP contribution < -0.4 is 42.4 Å².